The van der Waals surface area contributed by atoms with Gasteiger partial charge in [-0.05, 0) is 47.4 Å². The molecule has 3 aliphatic carbocycles. The maximum Gasteiger partial charge on any atom is 0.338 e. The van der Waals surface area contributed by atoms with Gasteiger partial charge >= 0.3 is 5.97 Å². The van der Waals surface area contributed by atoms with Crippen molar-refractivity contribution in [1.29, 1.82) is 0 Å². The van der Waals surface area contributed by atoms with Crippen LogP contribution in [0.25, 0.3) is 0 Å². The van der Waals surface area contributed by atoms with E-state index in [1.165, 1.54) is 4.90 Å². The minimum absolute atomic E-state index is 0.198. The van der Waals surface area contributed by atoms with Crippen LogP contribution in [0, 0.1) is 11.8 Å². The zero-order chi connectivity index (χ0) is 22.9. The lowest BCUT2D eigenvalue weighted by molar-refractivity contribution is -0.122. The molecule has 7 rings (SSSR count). The van der Waals surface area contributed by atoms with Crippen LogP contribution in [0.4, 0.5) is 5.69 Å². The largest absolute Gasteiger partial charge is 0.462 e. The van der Waals surface area contributed by atoms with E-state index in [1.807, 2.05) is 36.4 Å². The van der Waals surface area contributed by atoms with Crippen molar-refractivity contribution in [3.8, 4) is 0 Å². The number of nitrogens with zero attached hydrogens (tertiary/aromatic N) is 1. The Morgan fingerprint density at radius 3 is 2.21 bits per heavy atom. The van der Waals surface area contributed by atoms with Crippen molar-refractivity contribution in [1.82, 2.24) is 0 Å². The fourth-order valence-corrected chi connectivity index (χ4v) is 7.12. The summed E-state index contributed by atoms with van der Waals surface area (Å²) in [7, 11) is 0. The average Bonchev–Trinajstić information content (AvgIpc) is 3.11. The van der Waals surface area contributed by atoms with Gasteiger partial charge in [-0.2, -0.15) is 0 Å². The standard InChI is InChI=1S/C27H20BrNO4/c1-2-33-26(32)15-8-7-9-16(14-15)29-24(30)22-21-17-10-3-5-12-19(17)27(28,23(22)25(29)31)20-13-6-4-11-18(20)21/h3-14,21-23H,2H2,1H3. The quantitative estimate of drug-likeness (QED) is 0.294. The van der Waals surface area contributed by atoms with Crippen molar-refractivity contribution >= 4 is 39.4 Å². The molecule has 0 spiro atoms. The van der Waals surface area contributed by atoms with Crippen LogP contribution in [0.2, 0.25) is 0 Å². The number of ether oxygens (including phenoxy) is 1. The fourth-order valence-electron chi connectivity index (χ4n) is 5.92. The molecule has 0 radical (unpaired) electrons. The van der Waals surface area contributed by atoms with Crippen LogP contribution in [0.5, 0.6) is 0 Å². The molecule has 1 heterocycles. The molecule has 0 saturated carbocycles. The minimum Gasteiger partial charge on any atom is -0.462 e. The summed E-state index contributed by atoms with van der Waals surface area (Å²) in [6.45, 7) is 1.99. The van der Waals surface area contributed by atoms with E-state index in [-0.39, 0.29) is 24.3 Å². The molecule has 4 aliphatic rings. The molecule has 2 bridgehead atoms. The molecule has 33 heavy (non-hydrogen) atoms. The minimum atomic E-state index is -0.792. The summed E-state index contributed by atoms with van der Waals surface area (Å²) in [6.07, 6.45) is 0. The SMILES string of the molecule is CCOC(=O)c1cccc(N2C(=O)C3C4c5ccccc5C(Br)(c5ccccc54)C3C2=O)c1. The monoisotopic (exact) mass is 501 g/mol. The Labute approximate surface area is 199 Å². The number of amides is 2. The molecular weight excluding hydrogens is 482 g/mol. The van der Waals surface area contributed by atoms with Crippen LogP contribution in [-0.4, -0.2) is 24.4 Å². The zero-order valence-corrected chi connectivity index (χ0v) is 19.4. The Kier molecular flexibility index (Phi) is 4.40. The van der Waals surface area contributed by atoms with Gasteiger partial charge in [0.05, 0.1) is 34.0 Å². The Hall–Kier alpha value is -3.25. The predicted molar refractivity (Wildman–Crippen MR) is 126 cm³/mol. The van der Waals surface area contributed by atoms with E-state index in [0.717, 1.165) is 22.3 Å². The molecule has 5 nitrogen and oxygen atoms in total. The number of benzene rings is 3. The lowest BCUT2D eigenvalue weighted by Crippen LogP contribution is -2.50. The number of carbonyl (C=O) groups excluding carboxylic acids is 3. The highest BCUT2D eigenvalue weighted by molar-refractivity contribution is 9.09. The van der Waals surface area contributed by atoms with Crippen molar-refractivity contribution in [3.63, 3.8) is 0 Å². The molecule has 164 valence electrons. The number of hydrogen-bond donors (Lipinski definition) is 0. The Morgan fingerprint density at radius 2 is 1.58 bits per heavy atom. The predicted octanol–water partition coefficient (Wildman–Crippen LogP) is 4.77. The van der Waals surface area contributed by atoms with Crippen LogP contribution in [0.15, 0.2) is 72.8 Å². The third kappa shape index (κ3) is 2.55. The maximum absolute atomic E-state index is 13.9. The smallest absolute Gasteiger partial charge is 0.338 e. The molecule has 0 N–H and O–H groups in total. The average molecular weight is 502 g/mol. The van der Waals surface area contributed by atoms with Crippen LogP contribution >= 0.6 is 15.9 Å². The van der Waals surface area contributed by atoms with Gasteiger partial charge in [0.2, 0.25) is 11.8 Å². The van der Waals surface area contributed by atoms with E-state index in [9.17, 15) is 14.4 Å². The first kappa shape index (κ1) is 20.4. The normalized spacial score (nSPS) is 26.6. The molecule has 2 atom stereocenters. The van der Waals surface area contributed by atoms with Gasteiger partial charge in [-0.25, -0.2) is 9.69 Å². The Bertz CT molecular complexity index is 1300. The van der Waals surface area contributed by atoms with Crippen LogP contribution in [0.1, 0.15) is 45.5 Å². The van der Waals surface area contributed by atoms with Crippen molar-refractivity contribution < 1.29 is 19.1 Å². The molecular formula is C27H20BrNO4. The van der Waals surface area contributed by atoms with Gasteiger partial charge in [-0.1, -0.05) is 70.5 Å². The summed E-state index contributed by atoms with van der Waals surface area (Å²) in [5, 5.41) is 0. The van der Waals surface area contributed by atoms with Crippen LogP contribution in [0.3, 0.4) is 0 Å². The lowest BCUT2D eigenvalue weighted by Gasteiger charge is -2.51. The Balaban J connectivity index is 1.52. The van der Waals surface area contributed by atoms with Gasteiger partial charge in [0.15, 0.2) is 0 Å². The van der Waals surface area contributed by atoms with Crippen molar-refractivity contribution in [3.05, 3.63) is 101 Å². The van der Waals surface area contributed by atoms with E-state index in [2.05, 4.69) is 28.1 Å². The lowest BCUT2D eigenvalue weighted by atomic mass is 9.55. The first-order valence-corrected chi connectivity index (χ1v) is 11.8. The fraction of sp³-hybridized carbons (Fsp3) is 0.222. The molecule has 2 unspecified atom stereocenters. The van der Waals surface area contributed by atoms with Gasteiger partial charge < -0.3 is 4.74 Å². The number of anilines is 1. The van der Waals surface area contributed by atoms with Gasteiger partial charge in [0.1, 0.15) is 0 Å². The van der Waals surface area contributed by atoms with Gasteiger partial charge in [0.25, 0.3) is 0 Å². The summed E-state index contributed by atoms with van der Waals surface area (Å²) >= 11 is 3.99. The van der Waals surface area contributed by atoms with E-state index in [4.69, 9.17) is 4.74 Å². The molecule has 0 aromatic heterocycles. The third-order valence-electron chi connectivity index (χ3n) is 7.13. The van der Waals surface area contributed by atoms with Crippen LogP contribution in [-0.2, 0) is 18.7 Å². The first-order chi connectivity index (χ1) is 16.0. The molecule has 1 saturated heterocycles. The maximum atomic E-state index is 13.9. The second-order valence-corrected chi connectivity index (χ2v) is 9.90. The first-order valence-electron chi connectivity index (χ1n) is 11.0. The van der Waals surface area contributed by atoms with E-state index < -0.39 is 22.1 Å². The highest BCUT2D eigenvalue weighted by Gasteiger charge is 2.67. The highest BCUT2D eigenvalue weighted by Crippen LogP contribution is 2.66. The Morgan fingerprint density at radius 1 is 0.939 bits per heavy atom. The van der Waals surface area contributed by atoms with Gasteiger partial charge in [-0.15, -0.1) is 0 Å². The summed E-state index contributed by atoms with van der Waals surface area (Å²) in [4.78, 5) is 41.3. The van der Waals surface area contributed by atoms with E-state index >= 15 is 0 Å². The van der Waals surface area contributed by atoms with Gasteiger partial charge in [0, 0.05) is 5.92 Å². The number of rotatable bonds is 3. The highest BCUT2D eigenvalue weighted by atomic mass is 79.9. The number of esters is 1. The van der Waals surface area contributed by atoms with E-state index in [1.54, 1.807) is 31.2 Å². The summed E-state index contributed by atoms with van der Waals surface area (Å²) in [5.41, 5.74) is 4.95. The number of halogens is 1. The molecule has 3 aromatic rings. The van der Waals surface area contributed by atoms with Gasteiger partial charge in [-0.3, -0.25) is 9.59 Å². The second-order valence-electron chi connectivity index (χ2n) is 8.65. The molecule has 1 aliphatic heterocycles. The number of imide groups is 1. The number of carbonyl (C=O) groups is 3. The molecule has 3 aromatic carbocycles. The molecule has 6 heteroatoms. The summed E-state index contributed by atoms with van der Waals surface area (Å²) in [5.74, 6) is -2.26. The number of hydrogen-bond acceptors (Lipinski definition) is 4. The molecule has 2 amide bonds. The molecule has 1 fully saturated rings. The van der Waals surface area contributed by atoms with E-state index in [0.29, 0.717) is 11.3 Å². The third-order valence-corrected chi connectivity index (χ3v) is 8.48. The summed E-state index contributed by atoms with van der Waals surface area (Å²) in [6, 6.07) is 22.7. The summed E-state index contributed by atoms with van der Waals surface area (Å²) < 4.78 is 4.31. The van der Waals surface area contributed by atoms with Crippen LogP contribution < -0.4 is 4.90 Å². The number of alkyl halides is 1. The topological polar surface area (TPSA) is 63.7 Å². The zero-order valence-electron chi connectivity index (χ0n) is 17.8. The van der Waals surface area contributed by atoms with Crippen molar-refractivity contribution in [2.75, 3.05) is 11.5 Å². The van der Waals surface area contributed by atoms with Crippen molar-refractivity contribution in [2.45, 2.75) is 17.2 Å². The second kappa shape index (κ2) is 7.12. The van der Waals surface area contributed by atoms with Crippen molar-refractivity contribution in [2.24, 2.45) is 11.8 Å².